The lowest BCUT2D eigenvalue weighted by Gasteiger charge is -2.32. The predicted molar refractivity (Wildman–Crippen MR) is 136 cm³/mol. The molecule has 0 radical (unpaired) electrons. The Morgan fingerprint density at radius 2 is 1.70 bits per heavy atom. The van der Waals surface area contributed by atoms with Crippen LogP contribution in [0.2, 0.25) is 0 Å². The molecule has 2 heterocycles. The summed E-state index contributed by atoms with van der Waals surface area (Å²) in [5.41, 5.74) is 1.02. The molecule has 2 aromatic carbocycles. The van der Waals surface area contributed by atoms with Crippen molar-refractivity contribution in [2.75, 3.05) is 32.3 Å². The molecule has 194 valence electrons. The Hall–Kier alpha value is -4.14. The second kappa shape index (κ2) is 10.9. The first-order valence-corrected chi connectivity index (χ1v) is 12.4. The van der Waals surface area contributed by atoms with Gasteiger partial charge in [-0.3, -0.25) is 14.5 Å². The number of carbonyl (C=O) groups excluding carboxylic acids is 2. The third-order valence-electron chi connectivity index (χ3n) is 6.69. The van der Waals surface area contributed by atoms with Crippen molar-refractivity contribution >= 4 is 17.5 Å². The van der Waals surface area contributed by atoms with Crippen molar-refractivity contribution in [1.29, 1.82) is 0 Å². The average Bonchev–Trinajstić information content (AvgIpc) is 3.65. The number of hydrogen-bond acceptors (Lipinski definition) is 7. The Balaban J connectivity index is 1.64. The van der Waals surface area contributed by atoms with Crippen molar-refractivity contribution < 1.29 is 33.0 Å². The van der Waals surface area contributed by atoms with E-state index in [1.165, 1.54) is 18.3 Å². The summed E-state index contributed by atoms with van der Waals surface area (Å²) in [5.74, 6) is 1.39. The van der Waals surface area contributed by atoms with Crippen LogP contribution in [0.15, 0.2) is 59.2 Å². The summed E-state index contributed by atoms with van der Waals surface area (Å²) in [6.45, 7) is 0.837. The van der Waals surface area contributed by atoms with Gasteiger partial charge in [-0.05, 0) is 54.8 Å². The lowest BCUT2D eigenvalue weighted by atomic mass is 10.0. The van der Waals surface area contributed by atoms with Crippen LogP contribution < -0.4 is 29.2 Å². The van der Waals surface area contributed by atoms with Crippen LogP contribution in [-0.4, -0.2) is 45.3 Å². The minimum atomic E-state index is -1.03. The number of carbonyl (C=O) groups is 2. The molecule has 37 heavy (non-hydrogen) atoms. The minimum Gasteiger partial charge on any atom is -0.493 e. The van der Waals surface area contributed by atoms with Crippen LogP contribution in [0.5, 0.6) is 23.0 Å². The van der Waals surface area contributed by atoms with Gasteiger partial charge < -0.3 is 28.7 Å². The zero-order valence-corrected chi connectivity index (χ0v) is 20.9. The van der Waals surface area contributed by atoms with Gasteiger partial charge in [0.15, 0.2) is 28.8 Å². The van der Waals surface area contributed by atoms with Crippen LogP contribution >= 0.6 is 0 Å². The molecule has 1 N–H and O–H groups in total. The second-order valence-electron chi connectivity index (χ2n) is 8.99. The molecule has 0 saturated heterocycles. The number of ether oxygens (including phenoxy) is 4. The highest BCUT2D eigenvalue weighted by Gasteiger charge is 2.37. The number of rotatable bonds is 8. The first kappa shape index (κ1) is 24.5. The van der Waals surface area contributed by atoms with Gasteiger partial charge in [0, 0.05) is 17.8 Å². The molecule has 0 bridgehead atoms. The summed E-state index contributed by atoms with van der Waals surface area (Å²) in [6.07, 6.45) is 5.35. The highest BCUT2D eigenvalue weighted by atomic mass is 16.6. The van der Waals surface area contributed by atoms with E-state index in [1.807, 2.05) is 0 Å². The SMILES string of the molecule is COc1ccc(C(C(=O)NC2CCCC2)N(C(=O)c2ccco2)c2ccc3c(c2)OCCO3)cc1OC. The molecule has 3 aromatic rings. The number of fused-ring (bicyclic) bond motifs is 1. The van der Waals surface area contributed by atoms with E-state index in [1.54, 1.807) is 55.6 Å². The Morgan fingerprint density at radius 3 is 2.41 bits per heavy atom. The fraction of sp³-hybridized carbons (Fsp3) is 0.357. The van der Waals surface area contributed by atoms with Gasteiger partial charge in [0.1, 0.15) is 19.3 Å². The number of nitrogens with one attached hydrogen (secondary N) is 1. The van der Waals surface area contributed by atoms with Crippen LogP contribution in [0.1, 0.15) is 47.8 Å². The Labute approximate surface area is 215 Å². The summed E-state index contributed by atoms with van der Waals surface area (Å²) in [7, 11) is 3.07. The maximum absolute atomic E-state index is 14.0. The molecule has 2 amide bonds. The average molecular weight is 507 g/mol. The van der Waals surface area contributed by atoms with Gasteiger partial charge in [-0.25, -0.2) is 0 Å². The zero-order chi connectivity index (χ0) is 25.8. The smallest absolute Gasteiger partial charge is 0.294 e. The molecule has 9 heteroatoms. The predicted octanol–water partition coefficient (Wildman–Crippen LogP) is 4.51. The molecule has 1 fully saturated rings. The number of amides is 2. The van der Waals surface area contributed by atoms with Crippen molar-refractivity contribution in [3.05, 3.63) is 66.1 Å². The van der Waals surface area contributed by atoms with Gasteiger partial charge in [-0.15, -0.1) is 0 Å². The van der Waals surface area contributed by atoms with Crippen molar-refractivity contribution in [3.63, 3.8) is 0 Å². The normalized spacial score (nSPS) is 15.6. The highest BCUT2D eigenvalue weighted by molar-refractivity contribution is 6.09. The third kappa shape index (κ3) is 5.07. The van der Waals surface area contributed by atoms with Crippen LogP contribution in [0.4, 0.5) is 5.69 Å². The van der Waals surface area contributed by atoms with E-state index in [4.69, 9.17) is 23.4 Å². The maximum Gasteiger partial charge on any atom is 0.294 e. The monoisotopic (exact) mass is 506 g/mol. The molecule has 2 aliphatic rings. The van der Waals surface area contributed by atoms with E-state index >= 15 is 0 Å². The summed E-state index contributed by atoms with van der Waals surface area (Å²) in [6, 6.07) is 12.6. The van der Waals surface area contributed by atoms with E-state index < -0.39 is 11.9 Å². The van der Waals surface area contributed by atoms with E-state index in [0.717, 1.165) is 25.7 Å². The largest absolute Gasteiger partial charge is 0.493 e. The van der Waals surface area contributed by atoms with Crippen molar-refractivity contribution in [3.8, 4) is 23.0 Å². The molecule has 1 aromatic heterocycles. The lowest BCUT2D eigenvalue weighted by molar-refractivity contribution is -0.123. The number of benzene rings is 2. The molecule has 1 unspecified atom stereocenters. The summed E-state index contributed by atoms with van der Waals surface area (Å²) in [4.78, 5) is 29.3. The van der Waals surface area contributed by atoms with E-state index in [2.05, 4.69) is 5.32 Å². The first-order chi connectivity index (χ1) is 18.1. The number of anilines is 1. The Morgan fingerprint density at radius 1 is 0.946 bits per heavy atom. The van der Waals surface area contributed by atoms with Gasteiger partial charge >= 0.3 is 0 Å². The molecule has 1 atom stereocenters. The van der Waals surface area contributed by atoms with Crippen LogP contribution in [0.3, 0.4) is 0 Å². The lowest BCUT2D eigenvalue weighted by Crippen LogP contribution is -2.46. The van der Waals surface area contributed by atoms with Gasteiger partial charge in [-0.1, -0.05) is 18.9 Å². The van der Waals surface area contributed by atoms with E-state index in [9.17, 15) is 9.59 Å². The molecule has 1 saturated carbocycles. The van der Waals surface area contributed by atoms with Gasteiger partial charge in [-0.2, -0.15) is 0 Å². The molecule has 9 nitrogen and oxygen atoms in total. The Bertz CT molecular complexity index is 1250. The standard InChI is InChI=1S/C28H30N2O7/c1-33-21-11-9-18(16-24(21)34-2)26(27(31)29-19-6-3-4-7-19)30(28(32)23-8-5-13-35-23)20-10-12-22-25(17-20)37-15-14-36-22/h5,8-13,16-17,19,26H,3-4,6-7,14-15H2,1-2H3,(H,29,31). The van der Waals surface area contributed by atoms with Crippen LogP contribution in [0, 0.1) is 0 Å². The topological polar surface area (TPSA) is 99.5 Å². The minimum absolute atomic E-state index is 0.0518. The second-order valence-corrected chi connectivity index (χ2v) is 8.99. The first-order valence-electron chi connectivity index (χ1n) is 12.4. The fourth-order valence-corrected chi connectivity index (χ4v) is 4.88. The summed E-state index contributed by atoms with van der Waals surface area (Å²) in [5, 5.41) is 3.16. The van der Waals surface area contributed by atoms with E-state index in [-0.39, 0.29) is 17.7 Å². The van der Waals surface area contributed by atoms with Crippen molar-refractivity contribution in [1.82, 2.24) is 5.32 Å². The summed E-state index contributed by atoms with van der Waals surface area (Å²) >= 11 is 0. The number of furan rings is 1. The highest BCUT2D eigenvalue weighted by Crippen LogP contribution is 2.39. The van der Waals surface area contributed by atoms with Gasteiger partial charge in [0.2, 0.25) is 5.91 Å². The Kier molecular flexibility index (Phi) is 7.20. The van der Waals surface area contributed by atoms with E-state index in [0.29, 0.717) is 47.5 Å². The molecular weight excluding hydrogens is 476 g/mol. The fourth-order valence-electron chi connectivity index (χ4n) is 4.88. The third-order valence-corrected chi connectivity index (χ3v) is 6.69. The maximum atomic E-state index is 14.0. The number of methoxy groups -OCH3 is 2. The molecule has 5 rings (SSSR count). The van der Waals surface area contributed by atoms with Gasteiger partial charge in [0.25, 0.3) is 5.91 Å². The molecule has 1 aliphatic carbocycles. The van der Waals surface area contributed by atoms with Crippen molar-refractivity contribution in [2.45, 2.75) is 37.8 Å². The van der Waals surface area contributed by atoms with Gasteiger partial charge in [0.05, 0.1) is 20.5 Å². The zero-order valence-electron chi connectivity index (χ0n) is 20.9. The van der Waals surface area contributed by atoms with Crippen LogP contribution in [0.25, 0.3) is 0 Å². The van der Waals surface area contributed by atoms with Crippen molar-refractivity contribution in [2.24, 2.45) is 0 Å². The number of nitrogens with zero attached hydrogens (tertiary/aromatic N) is 1. The molecule has 1 aliphatic heterocycles. The molecule has 0 spiro atoms. The molecular formula is C28H30N2O7. The quantitative estimate of drug-likeness (QED) is 0.480. The summed E-state index contributed by atoms with van der Waals surface area (Å²) < 4.78 is 27.8. The number of hydrogen-bond donors (Lipinski definition) is 1. The van der Waals surface area contributed by atoms with Crippen LogP contribution in [-0.2, 0) is 4.79 Å².